The van der Waals surface area contributed by atoms with Gasteiger partial charge >= 0.3 is 0 Å². The molecule has 1 amide bonds. The second-order valence-corrected chi connectivity index (χ2v) is 4.95. The fourth-order valence-electron chi connectivity index (χ4n) is 1.72. The number of carbonyl (C=O) groups is 1. The summed E-state index contributed by atoms with van der Waals surface area (Å²) in [5.74, 6) is -0.0765. The molecule has 0 spiro atoms. The molecule has 1 unspecified atom stereocenters. The minimum Gasteiger partial charge on any atom is -0.508 e. The van der Waals surface area contributed by atoms with Crippen LogP contribution in [0.5, 0.6) is 5.75 Å². The summed E-state index contributed by atoms with van der Waals surface area (Å²) >= 11 is 0. The fraction of sp³-hybridized carbons (Fsp3) is 0.500. The molecule has 0 bridgehead atoms. The number of aromatic hydroxyl groups is 1. The quantitative estimate of drug-likeness (QED) is 0.543. The zero-order valence-electron chi connectivity index (χ0n) is 11.8. The topological polar surface area (TPSA) is 93.0 Å². The third-order valence-electron chi connectivity index (χ3n) is 2.88. The Labute approximate surface area is 118 Å². The number of nitrogens with one attached hydrogen (secondary N) is 1. The van der Waals surface area contributed by atoms with Crippen molar-refractivity contribution in [1.29, 1.82) is 0 Å². The van der Waals surface area contributed by atoms with Gasteiger partial charge in [-0.2, -0.15) is 0 Å². The number of nitrogens with zero attached hydrogens (tertiary/aromatic N) is 1. The van der Waals surface area contributed by atoms with Gasteiger partial charge in [-0.25, -0.2) is 0 Å². The van der Waals surface area contributed by atoms with Gasteiger partial charge in [-0.1, -0.05) is 0 Å². The van der Waals surface area contributed by atoms with Crippen molar-refractivity contribution in [2.75, 3.05) is 25.0 Å². The maximum atomic E-state index is 11.9. The summed E-state index contributed by atoms with van der Waals surface area (Å²) in [6, 6.07) is 6.27. The molecule has 20 heavy (non-hydrogen) atoms. The molecular formula is C14H22N2O4. The Morgan fingerprint density at radius 2 is 1.90 bits per heavy atom. The van der Waals surface area contributed by atoms with Gasteiger partial charge in [0.25, 0.3) is 0 Å². The Morgan fingerprint density at radius 1 is 1.30 bits per heavy atom. The highest BCUT2D eigenvalue weighted by Crippen LogP contribution is 2.13. The minimum atomic E-state index is -0.862. The van der Waals surface area contributed by atoms with E-state index in [9.17, 15) is 9.90 Å². The van der Waals surface area contributed by atoms with Gasteiger partial charge in [0.15, 0.2) is 0 Å². The van der Waals surface area contributed by atoms with Crippen LogP contribution >= 0.6 is 0 Å². The number of phenols is 1. The van der Waals surface area contributed by atoms with Gasteiger partial charge in [-0.05, 0) is 38.1 Å². The van der Waals surface area contributed by atoms with Crippen LogP contribution in [0.3, 0.4) is 0 Å². The van der Waals surface area contributed by atoms with Crippen LogP contribution < -0.4 is 5.32 Å². The van der Waals surface area contributed by atoms with Crippen molar-refractivity contribution in [2.24, 2.45) is 0 Å². The second kappa shape index (κ2) is 7.84. The van der Waals surface area contributed by atoms with Gasteiger partial charge in [-0.15, -0.1) is 0 Å². The SMILES string of the molecule is CC(C)N(CC(=O)Nc1ccc(O)cc1)CC(O)CO. The maximum Gasteiger partial charge on any atom is 0.238 e. The molecular weight excluding hydrogens is 260 g/mol. The third-order valence-corrected chi connectivity index (χ3v) is 2.88. The number of phenolic OH excluding ortho intramolecular Hbond substituents is 1. The van der Waals surface area contributed by atoms with Gasteiger partial charge in [0.1, 0.15) is 5.75 Å². The van der Waals surface area contributed by atoms with Crippen LogP contribution in [0.1, 0.15) is 13.8 Å². The van der Waals surface area contributed by atoms with Crippen molar-refractivity contribution in [2.45, 2.75) is 26.0 Å². The number of carbonyl (C=O) groups excluding carboxylic acids is 1. The van der Waals surface area contributed by atoms with E-state index < -0.39 is 6.10 Å². The van der Waals surface area contributed by atoms with Gasteiger partial charge < -0.3 is 20.6 Å². The predicted molar refractivity (Wildman–Crippen MR) is 76.5 cm³/mol. The van der Waals surface area contributed by atoms with Crippen LogP contribution in [-0.2, 0) is 4.79 Å². The maximum absolute atomic E-state index is 11.9. The van der Waals surface area contributed by atoms with E-state index in [2.05, 4.69) is 5.32 Å². The lowest BCUT2D eigenvalue weighted by Gasteiger charge is -2.27. The number of anilines is 1. The van der Waals surface area contributed by atoms with Crippen molar-refractivity contribution >= 4 is 11.6 Å². The first-order valence-electron chi connectivity index (χ1n) is 6.54. The molecule has 0 saturated heterocycles. The lowest BCUT2D eigenvalue weighted by Crippen LogP contribution is -2.43. The second-order valence-electron chi connectivity index (χ2n) is 4.95. The van der Waals surface area contributed by atoms with E-state index in [0.29, 0.717) is 5.69 Å². The Morgan fingerprint density at radius 3 is 2.40 bits per heavy atom. The van der Waals surface area contributed by atoms with E-state index in [-0.39, 0.29) is 37.4 Å². The molecule has 6 nitrogen and oxygen atoms in total. The molecule has 1 rings (SSSR count). The smallest absolute Gasteiger partial charge is 0.238 e. The van der Waals surface area contributed by atoms with Crippen molar-refractivity contribution in [3.05, 3.63) is 24.3 Å². The van der Waals surface area contributed by atoms with Gasteiger partial charge in [0.05, 0.1) is 19.3 Å². The number of amides is 1. The first kappa shape index (κ1) is 16.4. The zero-order chi connectivity index (χ0) is 15.1. The average Bonchev–Trinajstić information content (AvgIpc) is 2.40. The van der Waals surface area contributed by atoms with E-state index in [1.54, 1.807) is 17.0 Å². The van der Waals surface area contributed by atoms with Crippen molar-refractivity contribution in [3.8, 4) is 5.75 Å². The third kappa shape index (κ3) is 5.56. The Bertz CT molecular complexity index is 420. The van der Waals surface area contributed by atoms with Crippen LogP contribution in [0.2, 0.25) is 0 Å². The minimum absolute atomic E-state index is 0.0711. The first-order valence-corrected chi connectivity index (χ1v) is 6.54. The molecule has 1 aromatic rings. The largest absolute Gasteiger partial charge is 0.508 e. The standard InChI is InChI=1S/C14H22N2O4/c1-10(2)16(7-13(19)9-17)8-14(20)15-11-3-5-12(18)6-4-11/h3-6,10,13,17-19H,7-9H2,1-2H3,(H,15,20). The fourth-order valence-corrected chi connectivity index (χ4v) is 1.72. The van der Waals surface area contributed by atoms with Crippen molar-refractivity contribution in [3.63, 3.8) is 0 Å². The number of hydrogen-bond donors (Lipinski definition) is 4. The van der Waals surface area contributed by atoms with E-state index in [0.717, 1.165) is 0 Å². The monoisotopic (exact) mass is 282 g/mol. The van der Waals surface area contributed by atoms with Gasteiger partial charge in [-0.3, -0.25) is 9.69 Å². The van der Waals surface area contributed by atoms with Crippen LogP contribution in [0.4, 0.5) is 5.69 Å². The molecule has 0 heterocycles. The van der Waals surface area contributed by atoms with Gasteiger partial charge in [0.2, 0.25) is 5.91 Å². The van der Waals surface area contributed by atoms with Crippen LogP contribution in [0.15, 0.2) is 24.3 Å². The van der Waals surface area contributed by atoms with Crippen LogP contribution in [0, 0.1) is 0 Å². The Balaban J connectivity index is 2.55. The van der Waals surface area contributed by atoms with Crippen molar-refractivity contribution in [1.82, 2.24) is 4.90 Å². The normalized spacial score (nSPS) is 12.7. The van der Waals surface area contributed by atoms with E-state index >= 15 is 0 Å². The van der Waals surface area contributed by atoms with Crippen LogP contribution in [-0.4, -0.2) is 58.0 Å². The first-order chi connectivity index (χ1) is 9.42. The molecule has 112 valence electrons. The molecule has 0 radical (unpaired) electrons. The Hall–Kier alpha value is -1.63. The molecule has 0 fully saturated rings. The molecule has 0 aliphatic rings. The molecule has 0 aromatic heterocycles. The molecule has 0 aliphatic heterocycles. The summed E-state index contributed by atoms with van der Waals surface area (Å²) in [5.41, 5.74) is 0.596. The highest BCUT2D eigenvalue weighted by atomic mass is 16.3. The van der Waals surface area contributed by atoms with Crippen molar-refractivity contribution < 1.29 is 20.1 Å². The highest BCUT2D eigenvalue weighted by Gasteiger charge is 2.17. The van der Waals surface area contributed by atoms with E-state index in [1.165, 1.54) is 12.1 Å². The summed E-state index contributed by atoms with van der Waals surface area (Å²) in [5, 5.41) is 30.2. The Kier molecular flexibility index (Phi) is 6.44. The molecule has 1 atom stereocenters. The predicted octanol–water partition coefficient (Wildman–Crippen LogP) is 0.394. The summed E-state index contributed by atoms with van der Waals surface area (Å²) in [6.45, 7) is 3.85. The summed E-state index contributed by atoms with van der Waals surface area (Å²) in [4.78, 5) is 13.7. The zero-order valence-corrected chi connectivity index (χ0v) is 11.8. The number of hydrogen-bond acceptors (Lipinski definition) is 5. The van der Waals surface area contributed by atoms with E-state index in [4.69, 9.17) is 10.2 Å². The van der Waals surface area contributed by atoms with Crippen LogP contribution in [0.25, 0.3) is 0 Å². The van der Waals surface area contributed by atoms with E-state index in [1.807, 2.05) is 13.8 Å². The lowest BCUT2D eigenvalue weighted by atomic mass is 10.2. The lowest BCUT2D eigenvalue weighted by molar-refractivity contribution is -0.118. The average molecular weight is 282 g/mol. The molecule has 1 aromatic carbocycles. The number of benzene rings is 1. The molecule has 0 saturated carbocycles. The highest BCUT2D eigenvalue weighted by molar-refractivity contribution is 5.92. The van der Waals surface area contributed by atoms with Gasteiger partial charge in [0, 0.05) is 18.3 Å². The summed E-state index contributed by atoms with van der Waals surface area (Å²) < 4.78 is 0. The molecule has 0 aliphatic carbocycles. The summed E-state index contributed by atoms with van der Waals surface area (Å²) in [6.07, 6.45) is -0.862. The summed E-state index contributed by atoms with van der Waals surface area (Å²) in [7, 11) is 0. The molecule has 6 heteroatoms. The molecule has 4 N–H and O–H groups in total. The number of aliphatic hydroxyl groups excluding tert-OH is 2. The number of aliphatic hydroxyl groups is 2. The number of rotatable bonds is 7.